The molecule has 5 heteroatoms. The van der Waals surface area contributed by atoms with Gasteiger partial charge in [0, 0.05) is 4.88 Å². The van der Waals surface area contributed by atoms with Crippen molar-refractivity contribution in [3.05, 3.63) is 56.5 Å². The topological polar surface area (TPSA) is 38.0 Å². The molecule has 1 atom stereocenters. The number of thiophene rings is 1. The highest BCUT2D eigenvalue weighted by Gasteiger charge is 2.17. The summed E-state index contributed by atoms with van der Waals surface area (Å²) in [4.78, 5) is 0.886. The smallest absolute Gasteiger partial charge is 0.126 e. The number of nitrogens with two attached hydrogens (primary N) is 1. The predicted molar refractivity (Wildman–Crippen MR) is 69.6 cm³/mol. The molecule has 0 bridgehead atoms. The fourth-order valence-electron chi connectivity index (χ4n) is 1.62. The number of benzene rings is 1. The Kier molecular flexibility index (Phi) is 3.79. The molecule has 3 N–H and O–H groups in total. The number of hydrazine groups is 1. The second-order valence-corrected chi connectivity index (χ2v) is 5.10. The molecule has 2 nitrogen and oxygen atoms in total. The van der Waals surface area contributed by atoms with E-state index in [2.05, 4.69) is 5.43 Å². The van der Waals surface area contributed by atoms with E-state index < -0.39 is 0 Å². The number of halogens is 2. The molecule has 2 rings (SSSR count). The van der Waals surface area contributed by atoms with E-state index in [-0.39, 0.29) is 11.9 Å². The first kappa shape index (κ1) is 12.5. The van der Waals surface area contributed by atoms with Gasteiger partial charge in [-0.05, 0) is 35.6 Å². The van der Waals surface area contributed by atoms with E-state index in [0.29, 0.717) is 10.6 Å². The lowest BCUT2D eigenvalue weighted by Crippen LogP contribution is -2.28. The van der Waals surface area contributed by atoms with E-state index in [1.165, 1.54) is 17.4 Å². The van der Waals surface area contributed by atoms with Crippen molar-refractivity contribution < 1.29 is 4.39 Å². The molecular weight excluding hydrogens is 259 g/mol. The zero-order valence-electron chi connectivity index (χ0n) is 9.21. The molecule has 0 saturated heterocycles. The van der Waals surface area contributed by atoms with Crippen LogP contribution in [0.15, 0.2) is 29.6 Å². The fraction of sp³-hybridized carbons (Fsp3) is 0.167. The number of rotatable bonds is 3. The van der Waals surface area contributed by atoms with E-state index >= 15 is 0 Å². The standard InChI is InChI=1S/C12H12ClFN2S/c1-7-2-3-8(6-10(7)14)11(16-15)12-9(13)4-5-17-12/h2-6,11,16H,15H2,1H3. The van der Waals surface area contributed by atoms with E-state index in [4.69, 9.17) is 17.4 Å². The summed E-state index contributed by atoms with van der Waals surface area (Å²) in [7, 11) is 0. The van der Waals surface area contributed by atoms with Gasteiger partial charge in [-0.25, -0.2) is 9.82 Å². The first-order valence-corrected chi connectivity index (χ1v) is 6.34. The van der Waals surface area contributed by atoms with Crippen molar-refractivity contribution in [1.29, 1.82) is 0 Å². The molecule has 0 saturated carbocycles. The van der Waals surface area contributed by atoms with Gasteiger partial charge in [-0.15, -0.1) is 11.3 Å². The van der Waals surface area contributed by atoms with Crippen molar-refractivity contribution >= 4 is 22.9 Å². The van der Waals surface area contributed by atoms with Gasteiger partial charge in [-0.2, -0.15) is 0 Å². The van der Waals surface area contributed by atoms with Gasteiger partial charge in [0.1, 0.15) is 5.82 Å². The third-order valence-corrected chi connectivity index (χ3v) is 4.03. The van der Waals surface area contributed by atoms with Gasteiger partial charge in [0.05, 0.1) is 11.1 Å². The van der Waals surface area contributed by atoms with Crippen LogP contribution in [-0.4, -0.2) is 0 Å². The second-order valence-electron chi connectivity index (χ2n) is 3.74. The van der Waals surface area contributed by atoms with Crippen LogP contribution in [0, 0.1) is 12.7 Å². The molecule has 0 fully saturated rings. The van der Waals surface area contributed by atoms with Gasteiger partial charge in [0.25, 0.3) is 0 Å². The first-order chi connectivity index (χ1) is 8.13. The van der Waals surface area contributed by atoms with Crippen molar-refractivity contribution in [2.75, 3.05) is 0 Å². The van der Waals surface area contributed by atoms with Crippen LogP contribution in [-0.2, 0) is 0 Å². The molecule has 1 heterocycles. The minimum Gasteiger partial charge on any atom is -0.271 e. The summed E-state index contributed by atoms with van der Waals surface area (Å²) >= 11 is 7.55. The summed E-state index contributed by atoms with van der Waals surface area (Å²) in [6.07, 6.45) is 0. The van der Waals surface area contributed by atoms with Crippen LogP contribution in [0.1, 0.15) is 22.0 Å². The summed E-state index contributed by atoms with van der Waals surface area (Å²) in [6, 6.07) is 6.58. The van der Waals surface area contributed by atoms with Gasteiger partial charge >= 0.3 is 0 Å². The fourth-order valence-corrected chi connectivity index (χ4v) is 2.88. The Morgan fingerprint density at radius 3 is 2.71 bits per heavy atom. The lowest BCUT2D eigenvalue weighted by molar-refractivity contribution is 0.602. The van der Waals surface area contributed by atoms with Crippen molar-refractivity contribution in [3.8, 4) is 0 Å². The van der Waals surface area contributed by atoms with E-state index in [1.54, 1.807) is 19.1 Å². The van der Waals surface area contributed by atoms with Crippen LogP contribution in [0.25, 0.3) is 0 Å². The van der Waals surface area contributed by atoms with Crippen LogP contribution in [0.2, 0.25) is 5.02 Å². The third-order valence-electron chi connectivity index (χ3n) is 2.60. The molecule has 0 aliphatic carbocycles. The average molecular weight is 271 g/mol. The van der Waals surface area contributed by atoms with E-state index in [9.17, 15) is 4.39 Å². The van der Waals surface area contributed by atoms with E-state index in [1.807, 2.05) is 11.4 Å². The minimum atomic E-state index is -0.280. The van der Waals surface area contributed by atoms with Crippen LogP contribution in [0.5, 0.6) is 0 Å². The Morgan fingerprint density at radius 2 is 2.18 bits per heavy atom. The molecular formula is C12H12ClFN2S. The highest BCUT2D eigenvalue weighted by atomic mass is 35.5. The Balaban J connectivity index is 2.42. The lowest BCUT2D eigenvalue weighted by Gasteiger charge is -2.16. The van der Waals surface area contributed by atoms with Crippen LogP contribution < -0.4 is 11.3 Å². The maximum absolute atomic E-state index is 13.5. The van der Waals surface area contributed by atoms with Gasteiger partial charge in [0.2, 0.25) is 0 Å². The maximum atomic E-state index is 13.5. The van der Waals surface area contributed by atoms with Gasteiger partial charge in [-0.3, -0.25) is 5.84 Å². The predicted octanol–water partition coefficient (Wildman–Crippen LogP) is 3.40. The molecule has 1 aromatic carbocycles. The molecule has 0 aliphatic heterocycles. The number of nitrogens with one attached hydrogen (secondary N) is 1. The van der Waals surface area contributed by atoms with Crippen LogP contribution in [0.4, 0.5) is 4.39 Å². The van der Waals surface area contributed by atoms with Crippen molar-refractivity contribution in [2.24, 2.45) is 5.84 Å². The maximum Gasteiger partial charge on any atom is 0.126 e. The van der Waals surface area contributed by atoms with Crippen LogP contribution >= 0.6 is 22.9 Å². The molecule has 1 aromatic heterocycles. The normalized spacial score (nSPS) is 12.7. The monoisotopic (exact) mass is 270 g/mol. The lowest BCUT2D eigenvalue weighted by atomic mass is 10.0. The largest absolute Gasteiger partial charge is 0.271 e. The summed E-state index contributed by atoms with van der Waals surface area (Å²) in [5.41, 5.74) is 4.04. The van der Waals surface area contributed by atoms with Gasteiger partial charge in [-0.1, -0.05) is 23.7 Å². The highest BCUT2D eigenvalue weighted by Crippen LogP contribution is 2.32. The zero-order chi connectivity index (χ0) is 12.4. The van der Waals surface area contributed by atoms with Crippen molar-refractivity contribution in [2.45, 2.75) is 13.0 Å². The third kappa shape index (κ3) is 2.50. The molecule has 2 aromatic rings. The second kappa shape index (κ2) is 5.14. The SMILES string of the molecule is Cc1ccc(C(NN)c2sccc2Cl)cc1F. The molecule has 90 valence electrons. The van der Waals surface area contributed by atoms with Crippen LogP contribution in [0.3, 0.4) is 0 Å². The average Bonchev–Trinajstić information content (AvgIpc) is 2.71. The number of aryl methyl sites for hydroxylation is 1. The summed E-state index contributed by atoms with van der Waals surface area (Å²) in [6.45, 7) is 1.72. The molecule has 0 aliphatic rings. The Morgan fingerprint density at radius 1 is 1.41 bits per heavy atom. The first-order valence-electron chi connectivity index (χ1n) is 5.08. The minimum absolute atomic E-state index is 0.240. The summed E-state index contributed by atoms with van der Waals surface area (Å²) < 4.78 is 13.5. The Hall–Kier alpha value is -0.940. The Bertz CT molecular complexity index is 527. The molecule has 0 radical (unpaired) electrons. The zero-order valence-corrected chi connectivity index (χ0v) is 10.8. The summed E-state index contributed by atoms with van der Waals surface area (Å²) in [5.74, 6) is 5.29. The molecule has 0 amide bonds. The number of hydrogen-bond donors (Lipinski definition) is 2. The molecule has 17 heavy (non-hydrogen) atoms. The molecule has 1 unspecified atom stereocenters. The van der Waals surface area contributed by atoms with E-state index in [0.717, 1.165) is 10.4 Å². The highest BCUT2D eigenvalue weighted by molar-refractivity contribution is 7.10. The number of hydrogen-bond acceptors (Lipinski definition) is 3. The molecule has 0 spiro atoms. The van der Waals surface area contributed by atoms with Gasteiger partial charge in [0.15, 0.2) is 0 Å². The Labute approximate surface area is 108 Å². The van der Waals surface area contributed by atoms with Crippen molar-refractivity contribution in [1.82, 2.24) is 5.43 Å². The quantitative estimate of drug-likeness (QED) is 0.663. The van der Waals surface area contributed by atoms with Crippen molar-refractivity contribution in [3.63, 3.8) is 0 Å². The summed E-state index contributed by atoms with van der Waals surface area (Å²) in [5, 5.41) is 2.52. The van der Waals surface area contributed by atoms with Gasteiger partial charge < -0.3 is 0 Å².